The minimum absolute atomic E-state index is 0.116. The van der Waals surface area contributed by atoms with Crippen molar-refractivity contribution in [1.29, 1.82) is 0 Å². The second-order valence-corrected chi connectivity index (χ2v) is 10.8. The van der Waals surface area contributed by atoms with Gasteiger partial charge in [0.05, 0.1) is 16.6 Å². The van der Waals surface area contributed by atoms with E-state index < -0.39 is 0 Å². The number of aromatic nitrogens is 2. The van der Waals surface area contributed by atoms with E-state index in [0.717, 1.165) is 48.1 Å². The third kappa shape index (κ3) is 5.20. The van der Waals surface area contributed by atoms with Crippen LogP contribution in [0.15, 0.2) is 70.6 Å². The van der Waals surface area contributed by atoms with Crippen molar-refractivity contribution in [2.75, 3.05) is 0 Å². The first kappa shape index (κ1) is 24.6. The molecule has 184 valence electrons. The summed E-state index contributed by atoms with van der Waals surface area (Å²) in [5.74, 6) is 0.443. The predicted octanol–water partition coefficient (Wildman–Crippen LogP) is 6.62. The summed E-state index contributed by atoms with van der Waals surface area (Å²) in [5, 5.41) is 4.84. The number of carbonyl (C=O) groups is 1. The molecule has 36 heavy (non-hydrogen) atoms. The van der Waals surface area contributed by atoms with Gasteiger partial charge in [0.25, 0.3) is 11.5 Å². The maximum absolute atomic E-state index is 13.8. The van der Waals surface area contributed by atoms with E-state index in [-0.39, 0.29) is 17.5 Å². The monoisotopic (exact) mass is 517 g/mol. The Morgan fingerprint density at radius 3 is 2.50 bits per heavy atom. The highest BCUT2D eigenvalue weighted by Gasteiger charge is 2.20. The van der Waals surface area contributed by atoms with Crippen LogP contribution < -0.4 is 10.9 Å². The van der Waals surface area contributed by atoms with Crippen LogP contribution in [0.4, 0.5) is 0 Å². The topological polar surface area (TPSA) is 64.0 Å². The van der Waals surface area contributed by atoms with Crippen LogP contribution in [-0.2, 0) is 5.75 Å². The van der Waals surface area contributed by atoms with E-state index in [1.807, 2.05) is 50.2 Å². The first-order chi connectivity index (χ1) is 17.4. The van der Waals surface area contributed by atoms with Crippen molar-refractivity contribution in [3.63, 3.8) is 0 Å². The van der Waals surface area contributed by atoms with Gasteiger partial charge in [-0.25, -0.2) is 4.98 Å². The van der Waals surface area contributed by atoms with Crippen molar-refractivity contribution >= 4 is 40.2 Å². The average molecular weight is 518 g/mol. The van der Waals surface area contributed by atoms with Crippen molar-refractivity contribution in [3.8, 4) is 5.69 Å². The van der Waals surface area contributed by atoms with Gasteiger partial charge in [-0.3, -0.25) is 14.2 Å². The number of nitrogens with zero attached hydrogens (tertiary/aromatic N) is 2. The number of fused-ring (bicyclic) bond motifs is 1. The summed E-state index contributed by atoms with van der Waals surface area (Å²) in [5.41, 5.74) is 4.76. The summed E-state index contributed by atoms with van der Waals surface area (Å²) in [6.07, 6.45) is 4.32. The molecule has 5 nitrogen and oxygen atoms in total. The molecule has 0 unspecified atom stereocenters. The van der Waals surface area contributed by atoms with E-state index in [1.54, 1.807) is 22.8 Å². The van der Waals surface area contributed by atoms with Crippen LogP contribution in [0.25, 0.3) is 16.6 Å². The van der Waals surface area contributed by atoms with Crippen molar-refractivity contribution in [2.45, 2.75) is 56.5 Å². The molecule has 0 atom stereocenters. The summed E-state index contributed by atoms with van der Waals surface area (Å²) < 4.78 is 1.67. The second kappa shape index (κ2) is 10.5. The molecule has 1 aromatic heterocycles. The summed E-state index contributed by atoms with van der Waals surface area (Å²) in [7, 11) is 0. The zero-order chi connectivity index (χ0) is 25.2. The molecule has 1 amide bonds. The first-order valence-electron chi connectivity index (χ1n) is 12.2. The molecule has 0 radical (unpaired) electrons. The lowest BCUT2D eigenvalue weighted by molar-refractivity contribution is 0.0938. The maximum Gasteiger partial charge on any atom is 0.266 e. The summed E-state index contributed by atoms with van der Waals surface area (Å²) in [6.45, 7) is 4.03. The van der Waals surface area contributed by atoms with E-state index in [0.29, 0.717) is 32.4 Å². The molecule has 7 heteroatoms. The number of aryl methyl sites for hydroxylation is 2. The number of thioether (sulfide) groups is 1. The molecule has 1 fully saturated rings. The number of hydrogen-bond donors (Lipinski definition) is 1. The number of amides is 1. The van der Waals surface area contributed by atoms with Gasteiger partial charge >= 0.3 is 0 Å². The van der Waals surface area contributed by atoms with Crippen molar-refractivity contribution in [2.24, 2.45) is 0 Å². The molecule has 4 aromatic rings. The van der Waals surface area contributed by atoms with Gasteiger partial charge in [-0.1, -0.05) is 60.5 Å². The van der Waals surface area contributed by atoms with Gasteiger partial charge < -0.3 is 5.32 Å². The Balaban J connectivity index is 1.59. The molecule has 0 spiro atoms. The highest BCUT2D eigenvalue weighted by atomic mass is 35.5. The Labute approximate surface area is 219 Å². The molecule has 1 aliphatic carbocycles. The molecule has 1 saturated carbocycles. The zero-order valence-corrected chi connectivity index (χ0v) is 22.0. The maximum atomic E-state index is 13.8. The third-order valence-electron chi connectivity index (χ3n) is 6.57. The number of halogens is 1. The third-order valence-corrected chi connectivity index (χ3v) is 7.93. The minimum atomic E-state index is -0.158. The Hall–Kier alpha value is -3.09. The largest absolute Gasteiger partial charge is 0.349 e. The quantitative estimate of drug-likeness (QED) is 0.230. The predicted molar refractivity (Wildman–Crippen MR) is 148 cm³/mol. The first-order valence-corrected chi connectivity index (χ1v) is 13.6. The lowest BCUT2D eigenvalue weighted by Crippen LogP contribution is -2.32. The summed E-state index contributed by atoms with van der Waals surface area (Å²) in [4.78, 5) is 31.6. The summed E-state index contributed by atoms with van der Waals surface area (Å²) in [6, 6.07) is 19.1. The lowest BCUT2D eigenvalue weighted by atomic mass is 10.1. The molecule has 1 heterocycles. The van der Waals surface area contributed by atoms with Gasteiger partial charge in [0.15, 0.2) is 5.16 Å². The van der Waals surface area contributed by atoms with Gasteiger partial charge in [0.1, 0.15) is 0 Å². The Bertz CT molecular complexity index is 1490. The molecule has 0 saturated heterocycles. The fourth-order valence-corrected chi connectivity index (χ4v) is 6.11. The molecule has 3 aromatic carbocycles. The molecule has 1 N–H and O–H groups in total. The van der Waals surface area contributed by atoms with Crippen molar-refractivity contribution in [1.82, 2.24) is 14.9 Å². The van der Waals surface area contributed by atoms with Crippen LogP contribution in [0.2, 0.25) is 5.02 Å². The van der Waals surface area contributed by atoms with E-state index >= 15 is 0 Å². The lowest BCUT2D eigenvalue weighted by Gasteiger charge is -2.16. The highest BCUT2D eigenvalue weighted by Crippen LogP contribution is 2.28. The molecule has 1 aliphatic rings. The number of carbonyl (C=O) groups excluding carboxylic acids is 1. The number of benzene rings is 3. The smallest absolute Gasteiger partial charge is 0.266 e. The van der Waals surface area contributed by atoms with Crippen LogP contribution in [0, 0.1) is 13.8 Å². The van der Waals surface area contributed by atoms with Gasteiger partial charge in [0.2, 0.25) is 0 Å². The SMILES string of the molecule is Cc1cc(C)cc(-n2c(SCc3ccccc3Cl)nc3cc(C(=O)NC4CCCC4)ccc3c2=O)c1. The van der Waals surface area contributed by atoms with Crippen LogP contribution in [-0.4, -0.2) is 21.5 Å². The Morgan fingerprint density at radius 1 is 1.06 bits per heavy atom. The fraction of sp³-hybridized carbons (Fsp3) is 0.276. The molecular weight excluding hydrogens is 490 g/mol. The number of nitrogens with one attached hydrogen (secondary N) is 1. The van der Waals surface area contributed by atoms with Gasteiger partial charge in [-0.15, -0.1) is 0 Å². The molecular formula is C29H28ClN3O2S. The van der Waals surface area contributed by atoms with E-state index in [4.69, 9.17) is 16.6 Å². The van der Waals surface area contributed by atoms with E-state index in [9.17, 15) is 9.59 Å². The average Bonchev–Trinajstić information content (AvgIpc) is 3.35. The van der Waals surface area contributed by atoms with Crippen LogP contribution in [0.5, 0.6) is 0 Å². The van der Waals surface area contributed by atoms with Crippen molar-refractivity contribution in [3.05, 3.63) is 98.3 Å². The highest BCUT2D eigenvalue weighted by molar-refractivity contribution is 7.98. The second-order valence-electron chi connectivity index (χ2n) is 9.45. The van der Waals surface area contributed by atoms with Gasteiger partial charge in [0, 0.05) is 22.4 Å². The van der Waals surface area contributed by atoms with E-state index in [2.05, 4.69) is 11.4 Å². The van der Waals surface area contributed by atoms with Gasteiger partial charge in [-0.05, 0) is 79.8 Å². The fourth-order valence-electron chi connectivity index (χ4n) is 4.81. The number of rotatable bonds is 6. The van der Waals surface area contributed by atoms with Crippen molar-refractivity contribution < 1.29 is 4.79 Å². The molecule has 0 aliphatic heterocycles. The Morgan fingerprint density at radius 2 is 1.78 bits per heavy atom. The molecule has 5 rings (SSSR count). The Kier molecular flexibility index (Phi) is 7.17. The number of hydrogen-bond acceptors (Lipinski definition) is 4. The summed E-state index contributed by atoms with van der Waals surface area (Å²) >= 11 is 7.85. The zero-order valence-electron chi connectivity index (χ0n) is 20.4. The van der Waals surface area contributed by atoms with Crippen LogP contribution >= 0.6 is 23.4 Å². The van der Waals surface area contributed by atoms with Crippen LogP contribution in [0.1, 0.15) is 52.7 Å². The van der Waals surface area contributed by atoms with Crippen LogP contribution in [0.3, 0.4) is 0 Å². The standard InChI is InChI=1S/C29H28ClN3O2S/c1-18-13-19(2)15-23(14-18)33-28(35)24-12-11-20(27(34)31-22-8-4-5-9-22)16-26(24)32-29(33)36-17-21-7-3-6-10-25(21)30/h3,6-7,10-16,22H,4-5,8-9,17H2,1-2H3,(H,31,34). The minimum Gasteiger partial charge on any atom is -0.349 e. The normalized spacial score (nSPS) is 13.9. The molecule has 0 bridgehead atoms. The van der Waals surface area contributed by atoms with E-state index in [1.165, 1.54) is 11.8 Å². The van der Waals surface area contributed by atoms with Gasteiger partial charge in [-0.2, -0.15) is 0 Å².